The van der Waals surface area contributed by atoms with Crippen LogP contribution in [0.4, 0.5) is 17.1 Å². The fourth-order valence-corrected chi connectivity index (χ4v) is 4.86. The minimum absolute atomic E-state index is 0.785. The fraction of sp³-hybridized carbons (Fsp3) is 0. The SMILES string of the molecule is [B]c1ccccc1-c1ccc(N(c2ccccc2)c2ccc(-c3ccc(-c4ccccc4)cc3)cc2)cc1. The van der Waals surface area contributed by atoms with Gasteiger partial charge in [0.15, 0.2) is 0 Å². The number of hydrogen-bond acceptors (Lipinski definition) is 1. The van der Waals surface area contributed by atoms with Crippen molar-refractivity contribution in [2.24, 2.45) is 0 Å². The third-order valence-electron chi connectivity index (χ3n) is 6.86. The third-order valence-corrected chi connectivity index (χ3v) is 6.86. The van der Waals surface area contributed by atoms with Crippen molar-refractivity contribution in [3.05, 3.63) is 158 Å². The van der Waals surface area contributed by atoms with Gasteiger partial charge in [0, 0.05) is 17.1 Å². The van der Waals surface area contributed by atoms with E-state index in [1.165, 1.54) is 22.3 Å². The predicted molar refractivity (Wildman–Crippen MR) is 163 cm³/mol. The van der Waals surface area contributed by atoms with Gasteiger partial charge in [0.25, 0.3) is 0 Å². The molecule has 0 aliphatic carbocycles. The predicted octanol–water partition coefficient (Wildman–Crippen LogP) is 8.95. The van der Waals surface area contributed by atoms with Crippen LogP contribution in [0.1, 0.15) is 0 Å². The van der Waals surface area contributed by atoms with Crippen molar-refractivity contribution >= 4 is 30.4 Å². The largest absolute Gasteiger partial charge is 0.311 e. The standard InChI is InChI=1S/C36H26BN/c37-36-14-8-7-13-35(36)31-21-25-34(26-22-31)38(32-11-5-2-6-12-32)33-23-19-30(20-24-33)29-17-15-28(16-18-29)27-9-3-1-4-10-27/h1-26H. The molecule has 0 bridgehead atoms. The van der Waals surface area contributed by atoms with E-state index in [1.807, 2.05) is 30.3 Å². The molecule has 6 rings (SSSR count). The zero-order valence-corrected chi connectivity index (χ0v) is 21.0. The molecular formula is C36H26BN. The summed E-state index contributed by atoms with van der Waals surface area (Å²) in [6.07, 6.45) is 0. The quantitative estimate of drug-likeness (QED) is 0.214. The van der Waals surface area contributed by atoms with Crippen LogP contribution in [0.25, 0.3) is 33.4 Å². The summed E-state index contributed by atoms with van der Waals surface area (Å²) < 4.78 is 0. The molecule has 0 heterocycles. The van der Waals surface area contributed by atoms with Crippen molar-refractivity contribution in [2.75, 3.05) is 4.90 Å². The zero-order valence-electron chi connectivity index (χ0n) is 21.0. The third kappa shape index (κ3) is 4.90. The molecular weight excluding hydrogens is 457 g/mol. The number of benzene rings is 6. The first-order valence-electron chi connectivity index (χ1n) is 12.8. The van der Waals surface area contributed by atoms with Crippen LogP contribution in [0.3, 0.4) is 0 Å². The summed E-state index contributed by atoms with van der Waals surface area (Å²) in [6.45, 7) is 0. The van der Waals surface area contributed by atoms with Gasteiger partial charge >= 0.3 is 0 Å². The lowest BCUT2D eigenvalue weighted by atomic mass is 9.87. The average molecular weight is 483 g/mol. The fourth-order valence-electron chi connectivity index (χ4n) is 4.86. The van der Waals surface area contributed by atoms with E-state index in [1.54, 1.807) is 0 Å². The summed E-state index contributed by atoms with van der Waals surface area (Å²) in [4.78, 5) is 2.28. The number of anilines is 3. The molecule has 0 saturated heterocycles. The molecule has 1 nitrogen and oxygen atoms in total. The lowest BCUT2D eigenvalue weighted by molar-refractivity contribution is 1.28. The molecule has 38 heavy (non-hydrogen) atoms. The Morgan fingerprint density at radius 2 is 0.684 bits per heavy atom. The molecule has 178 valence electrons. The van der Waals surface area contributed by atoms with E-state index >= 15 is 0 Å². The van der Waals surface area contributed by atoms with Gasteiger partial charge in [-0.2, -0.15) is 0 Å². The van der Waals surface area contributed by atoms with Crippen molar-refractivity contribution in [1.29, 1.82) is 0 Å². The molecule has 0 aliphatic rings. The first-order valence-corrected chi connectivity index (χ1v) is 12.8. The van der Waals surface area contributed by atoms with Crippen LogP contribution in [0.2, 0.25) is 0 Å². The van der Waals surface area contributed by atoms with Crippen LogP contribution in [0, 0.1) is 0 Å². The minimum Gasteiger partial charge on any atom is -0.311 e. The molecule has 0 atom stereocenters. The van der Waals surface area contributed by atoms with Gasteiger partial charge in [-0.1, -0.05) is 127 Å². The van der Waals surface area contributed by atoms with Gasteiger partial charge in [0.2, 0.25) is 0 Å². The van der Waals surface area contributed by atoms with Gasteiger partial charge in [-0.3, -0.25) is 0 Å². The lowest BCUT2D eigenvalue weighted by Gasteiger charge is -2.26. The van der Waals surface area contributed by atoms with Crippen molar-refractivity contribution in [1.82, 2.24) is 0 Å². The monoisotopic (exact) mass is 483 g/mol. The second-order valence-electron chi connectivity index (χ2n) is 9.30. The summed E-state index contributed by atoms with van der Waals surface area (Å²) in [7, 11) is 6.22. The maximum Gasteiger partial charge on any atom is 0.114 e. The van der Waals surface area contributed by atoms with Crippen LogP contribution < -0.4 is 10.4 Å². The second kappa shape index (κ2) is 10.7. The Labute approximate surface area is 226 Å². The number of nitrogens with zero attached hydrogens (tertiary/aromatic N) is 1. The number of para-hydroxylation sites is 1. The summed E-state index contributed by atoms with van der Waals surface area (Å²) in [6, 6.07) is 55.1. The van der Waals surface area contributed by atoms with Crippen molar-refractivity contribution in [3.63, 3.8) is 0 Å². The normalized spacial score (nSPS) is 10.7. The molecule has 6 aromatic carbocycles. The van der Waals surface area contributed by atoms with Gasteiger partial charge < -0.3 is 4.90 Å². The molecule has 0 aliphatic heterocycles. The summed E-state index contributed by atoms with van der Waals surface area (Å²) in [5.41, 5.74) is 11.1. The highest BCUT2D eigenvalue weighted by molar-refractivity contribution is 6.35. The molecule has 6 aromatic rings. The van der Waals surface area contributed by atoms with Crippen LogP contribution in [0.15, 0.2) is 158 Å². The summed E-state index contributed by atoms with van der Waals surface area (Å²) in [5, 5.41) is 0. The Bertz CT molecular complexity index is 1620. The molecule has 0 aromatic heterocycles. The van der Waals surface area contributed by atoms with Crippen LogP contribution in [-0.2, 0) is 0 Å². The van der Waals surface area contributed by atoms with Gasteiger partial charge in [0.05, 0.1) is 0 Å². The Morgan fingerprint density at radius 3 is 1.21 bits per heavy atom. The molecule has 2 heteroatoms. The van der Waals surface area contributed by atoms with Crippen LogP contribution in [-0.4, -0.2) is 7.85 Å². The highest BCUT2D eigenvalue weighted by Gasteiger charge is 2.13. The Balaban J connectivity index is 1.31. The number of hydrogen-bond donors (Lipinski definition) is 0. The summed E-state index contributed by atoms with van der Waals surface area (Å²) in [5.74, 6) is 0. The Kier molecular flexibility index (Phi) is 6.61. The first-order chi connectivity index (χ1) is 18.8. The Morgan fingerprint density at radius 1 is 0.316 bits per heavy atom. The molecule has 0 N–H and O–H groups in total. The molecule has 0 saturated carbocycles. The zero-order chi connectivity index (χ0) is 25.7. The van der Waals surface area contributed by atoms with Gasteiger partial charge in [-0.25, -0.2) is 0 Å². The maximum atomic E-state index is 6.22. The van der Waals surface area contributed by atoms with E-state index in [-0.39, 0.29) is 0 Å². The van der Waals surface area contributed by atoms with Gasteiger partial charge in [-0.05, 0) is 69.8 Å². The van der Waals surface area contributed by atoms with E-state index in [0.29, 0.717) is 0 Å². The van der Waals surface area contributed by atoms with Crippen molar-refractivity contribution in [3.8, 4) is 33.4 Å². The van der Waals surface area contributed by atoms with Gasteiger partial charge in [0.1, 0.15) is 7.85 Å². The van der Waals surface area contributed by atoms with E-state index in [0.717, 1.165) is 33.7 Å². The smallest absolute Gasteiger partial charge is 0.114 e. The lowest BCUT2D eigenvalue weighted by Crippen LogP contribution is -2.10. The molecule has 2 radical (unpaired) electrons. The minimum atomic E-state index is 0.785. The number of rotatable bonds is 6. The van der Waals surface area contributed by atoms with E-state index < -0.39 is 0 Å². The van der Waals surface area contributed by atoms with Crippen molar-refractivity contribution < 1.29 is 0 Å². The van der Waals surface area contributed by atoms with Crippen LogP contribution in [0.5, 0.6) is 0 Å². The first kappa shape index (κ1) is 23.6. The van der Waals surface area contributed by atoms with Crippen molar-refractivity contribution in [2.45, 2.75) is 0 Å². The Hall–Kier alpha value is -4.82. The van der Waals surface area contributed by atoms with E-state index in [9.17, 15) is 0 Å². The van der Waals surface area contributed by atoms with E-state index in [4.69, 9.17) is 7.85 Å². The molecule has 0 spiro atoms. The maximum absolute atomic E-state index is 6.22. The van der Waals surface area contributed by atoms with E-state index in [2.05, 4.69) is 132 Å². The summed E-state index contributed by atoms with van der Waals surface area (Å²) >= 11 is 0. The average Bonchev–Trinajstić information content (AvgIpc) is 3.00. The molecule has 0 unspecified atom stereocenters. The second-order valence-corrected chi connectivity index (χ2v) is 9.30. The molecule has 0 fully saturated rings. The highest BCUT2D eigenvalue weighted by atomic mass is 15.1. The molecule has 0 amide bonds. The highest BCUT2D eigenvalue weighted by Crippen LogP contribution is 2.36. The topological polar surface area (TPSA) is 3.24 Å². The van der Waals surface area contributed by atoms with Gasteiger partial charge in [-0.15, -0.1) is 0 Å². The van der Waals surface area contributed by atoms with Crippen LogP contribution >= 0.6 is 0 Å².